The number of rotatable bonds is 3. The second kappa shape index (κ2) is 6.15. The minimum atomic E-state index is -0.329. The van der Waals surface area contributed by atoms with E-state index < -0.39 is 0 Å². The summed E-state index contributed by atoms with van der Waals surface area (Å²) in [6.07, 6.45) is 1.57. The molecule has 3 N–H and O–H groups in total. The number of carbonyl (C=O) groups is 1. The Labute approximate surface area is 119 Å². The standard InChI is InChI=1S/C14H12BrN3O/c15-11-5-3-4-10(8-11)9-17-18-14(19)12-6-1-2-7-13(12)16/h1-9H,16H2,(H,18,19)/b17-9+. The second-order valence-electron chi connectivity index (χ2n) is 3.84. The monoisotopic (exact) mass is 317 g/mol. The first-order chi connectivity index (χ1) is 9.16. The highest BCUT2D eigenvalue weighted by Gasteiger charge is 2.06. The molecule has 0 aliphatic rings. The Hall–Kier alpha value is -2.14. The van der Waals surface area contributed by atoms with Gasteiger partial charge in [-0.05, 0) is 29.8 Å². The lowest BCUT2D eigenvalue weighted by Gasteiger charge is -2.02. The molecule has 4 nitrogen and oxygen atoms in total. The maximum absolute atomic E-state index is 11.8. The maximum Gasteiger partial charge on any atom is 0.273 e. The van der Waals surface area contributed by atoms with Gasteiger partial charge in [0.2, 0.25) is 0 Å². The van der Waals surface area contributed by atoms with Gasteiger partial charge in [-0.25, -0.2) is 5.43 Å². The van der Waals surface area contributed by atoms with Gasteiger partial charge in [-0.3, -0.25) is 4.79 Å². The third-order valence-corrected chi connectivity index (χ3v) is 2.93. The molecule has 0 radical (unpaired) electrons. The lowest BCUT2D eigenvalue weighted by Crippen LogP contribution is -2.18. The molecule has 2 rings (SSSR count). The van der Waals surface area contributed by atoms with E-state index in [9.17, 15) is 4.79 Å². The van der Waals surface area contributed by atoms with Gasteiger partial charge in [0.1, 0.15) is 0 Å². The SMILES string of the molecule is Nc1ccccc1C(=O)N/N=C/c1cccc(Br)c1. The summed E-state index contributed by atoms with van der Waals surface area (Å²) in [5, 5.41) is 3.90. The average Bonchev–Trinajstić information content (AvgIpc) is 2.39. The summed E-state index contributed by atoms with van der Waals surface area (Å²) >= 11 is 3.36. The van der Waals surface area contributed by atoms with Crippen molar-refractivity contribution in [3.8, 4) is 0 Å². The predicted molar refractivity (Wildman–Crippen MR) is 80.1 cm³/mol. The molecule has 0 unspecified atom stereocenters. The molecule has 0 bridgehead atoms. The van der Waals surface area contributed by atoms with E-state index in [-0.39, 0.29) is 5.91 Å². The Kier molecular flexibility index (Phi) is 4.30. The minimum absolute atomic E-state index is 0.329. The Bertz CT molecular complexity index is 626. The first-order valence-corrected chi connectivity index (χ1v) is 6.39. The van der Waals surface area contributed by atoms with E-state index in [4.69, 9.17) is 5.73 Å². The zero-order chi connectivity index (χ0) is 13.7. The number of nitrogen functional groups attached to an aromatic ring is 1. The molecule has 0 heterocycles. The molecule has 0 aromatic heterocycles. The molecule has 2 aromatic rings. The molecule has 0 atom stereocenters. The summed E-state index contributed by atoms with van der Waals surface area (Å²) in [5.74, 6) is -0.329. The predicted octanol–water partition coefficient (Wildman–Crippen LogP) is 2.80. The number of nitrogens with zero attached hydrogens (tertiary/aromatic N) is 1. The fraction of sp³-hybridized carbons (Fsp3) is 0. The number of anilines is 1. The highest BCUT2D eigenvalue weighted by Crippen LogP contribution is 2.11. The largest absolute Gasteiger partial charge is 0.398 e. The number of halogens is 1. The molecule has 0 saturated heterocycles. The summed E-state index contributed by atoms with van der Waals surface area (Å²) in [7, 11) is 0. The van der Waals surface area contributed by atoms with Crippen LogP contribution in [0.3, 0.4) is 0 Å². The van der Waals surface area contributed by atoms with Crippen LogP contribution >= 0.6 is 15.9 Å². The van der Waals surface area contributed by atoms with Crippen LogP contribution in [0.15, 0.2) is 58.1 Å². The first-order valence-electron chi connectivity index (χ1n) is 5.60. The highest BCUT2D eigenvalue weighted by molar-refractivity contribution is 9.10. The number of hydrazone groups is 1. The van der Waals surface area contributed by atoms with Crippen molar-refractivity contribution in [2.45, 2.75) is 0 Å². The van der Waals surface area contributed by atoms with Crippen LogP contribution in [-0.2, 0) is 0 Å². The van der Waals surface area contributed by atoms with Crippen molar-refractivity contribution < 1.29 is 4.79 Å². The van der Waals surface area contributed by atoms with Crippen molar-refractivity contribution in [2.75, 3.05) is 5.73 Å². The highest BCUT2D eigenvalue weighted by atomic mass is 79.9. The van der Waals surface area contributed by atoms with Gasteiger partial charge in [0.25, 0.3) is 5.91 Å². The molecular weight excluding hydrogens is 306 g/mol. The van der Waals surface area contributed by atoms with Crippen molar-refractivity contribution in [1.82, 2.24) is 5.43 Å². The van der Waals surface area contributed by atoms with Crippen LogP contribution in [0.5, 0.6) is 0 Å². The number of nitrogens with one attached hydrogen (secondary N) is 1. The Morgan fingerprint density at radius 1 is 1.21 bits per heavy atom. The van der Waals surface area contributed by atoms with Gasteiger partial charge in [-0.1, -0.05) is 40.2 Å². The molecule has 96 valence electrons. The fourth-order valence-corrected chi connectivity index (χ4v) is 1.93. The van der Waals surface area contributed by atoms with E-state index >= 15 is 0 Å². The molecule has 0 spiro atoms. The van der Waals surface area contributed by atoms with Crippen molar-refractivity contribution in [3.63, 3.8) is 0 Å². The first kappa shape index (κ1) is 13.3. The van der Waals surface area contributed by atoms with E-state index in [2.05, 4.69) is 26.5 Å². The summed E-state index contributed by atoms with van der Waals surface area (Å²) in [6, 6.07) is 14.4. The van der Waals surface area contributed by atoms with Gasteiger partial charge < -0.3 is 5.73 Å². The fourth-order valence-electron chi connectivity index (χ4n) is 1.52. The van der Waals surface area contributed by atoms with E-state index in [1.54, 1.807) is 30.5 Å². The zero-order valence-electron chi connectivity index (χ0n) is 10.0. The van der Waals surface area contributed by atoms with Crippen LogP contribution < -0.4 is 11.2 Å². The van der Waals surface area contributed by atoms with E-state index in [0.29, 0.717) is 11.3 Å². The van der Waals surface area contributed by atoms with Crippen LogP contribution in [-0.4, -0.2) is 12.1 Å². The number of amides is 1. The summed E-state index contributed by atoms with van der Waals surface area (Å²) in [6.45, 7) is 0. The van der Waals surface area contributed by atoms with Gasteiger partial charge in [0.05, 0.1) is 11.8 Å². The third-order valence-electron chi connectivity index (χ3n) is 2.43. The van der Waals surface area contributed by atoms with E-state index in [1.807, 2.05) is 24.3 Å². The Morgan fingerprint density at radius 3 is 2.74 bits per heavy atom. The van der Waals surface area contributed by atoms with Gasteiger partial charge in [0, 0.05) is 10.2 Å². The average molecular weight is 318 g/mol. The quantitative estimate of drug-likeness (QED) is 0.519. The maximum atomic E-state index is 11.8. The van der Waals surface area contributed by atoms with Crippen molar-refractivity contribution in [2.24, 2.45) is 5.10 Å². The Balaban J connectivity index is 2.03. The molecule has 0 aliphatic heterocycles. The molecule has 0 fully saturated rings. The van der Waals surface area contributed by atoms with E-state index in [0.717, 1.165) is 10.0 Å². The number of nitrogens with two attached hydrogens (primary N) is 1. The number of hydrogen-bond acceptors (Lipinski definition) is 3. The second-order valence-corrected chi connectivity index (χ2v) is 4.76. The van der Waals surface area contributed by atoms with Crippen LogP contribution in [0, 0.1) is 0 Å². The smallest absolute Gasteiger partial charge is 0.273 e. The van der Waals surface area contributed by atoms with Crippen LogP contribution in [0.4, 0.5) is 5.69 Å². The summed E-state index contributed by atoms with van der Waals surface area (Å²) in [5.41, 5.74) is 9.87. The molecular formula is C14H12BrN3O. The normalized spacial score (nSPS) is 10.6. The topological polar surface area (TPSA) is 67.5 Å². The summed E-state index contributed by atoms with van der Waals surface area (Å²) in [4.78, 5) is 11.8. The Morgan fingerprint density at radius 2 is 2.00 bits per heavy atom. The molecule has 19 heavy (non-hydrogen) atoms. The molecule has 0 saturated carbocycles. The number of carbonyl (C=O) groups excluding carboxylic acids is 1. The van der Waals surface area contributed by atoms with Gasteiger partial charge in [0.15, 0.2) is 0 Å². The van der Waals surface area contributed by atoms with Gasteiger partial charge in [-0.2, -0.15) is 5.10 Å². The molecule has 1 amide bonds. The lowest BCUT2D eigenvalue weighted by molar-refractivity contribution is 0.0956. The minimum Gasteiger partial charge on any atom is -0.398 e. The number of hydrogen-bond donors (Lipinski definition) is 2. The van der Waals surface area contributed by atoms with Crippen molar-refractivity contribution >= 4 is 33.7 Å². The van der Waals surface area contributed by atoms with Crippen LogP contribution in [0.1, 0.15) is 15.9 Å². The van der Waals surface area contributed by atoms with Crippen LogP contribution in [0.2, 0.25) is 0 Å². The molecule has 0 aliphatic carbocycles. The van der Waals surface area contributed by atoms with E-state index in [1.165, 1.54) is 0 Å². The van der Waals surface area contributed by atoms with Gasteiger partial charge in [-0.15, -0.1) is 0 Å². The van der Waals surface area contributed by atoms with Crippen molar-refractivity contribution in [1.29, 1.82) is 0 Å². The number of para-hydroxylation sites is 1. The lowest BCUT2D eigenvalue weighted by atomic mass is 10.2. The molecule has 5 heteroatoms. The number of benzene rings is 2. The zero-order valence-corrected chi connectivity index (χ0v) is 11.6. The van der Waals surface area contributed by atoms with Crippen molar-refractivity contribution in [3.05, 3.63) is 64.1 Å². The third kappa shape index (κ3) is 3.66. The van der Waals surface area contributed by atoms with Gasteiger partial charge >= 0.3 is 0 Å². The summed E-state index contributed by atoms with van der Waals surface area (Å²) < 4.78 is 0.954. The van der Waals surface area contributed by atoms with Crippen LogP contribution in [0.25, 0.3) is 0 Å². The molecule has 2 aromatic carbocycles.